The summed E-state index contributed by atoms with van der Waals surface area (Å²) in [5, 5.41) is 11.1. The number of benzene rings is 2. The molecule has 0 atom stereocenters. The predicted molar refractivity (Wildman–Crippen MR) is 117 cm³/mol. The normalized spacial score (nSPS) is 10.7. The summed E-state index contributed by atoms with van der Waals surface area (Å²) in [7, 11) is 3.74. The van der Waals surface area contributed by atoms with E-state index in [9.17, 15) is 14.7 Å². The Morgan fingerprint density at radius 3 is 2.37 bits per heavy atom. The molecule has 2 aromatic carbocycles. The van der Waals surface area contributed by atoms with Crippen molar-refractivity contribution in [3.63, 3.8) is 0 Å². The van der Waals surface area contributed by atoms with Crippen LogP contribution in [0.25, 0.3) is 16.6 Å². The fraction of sp³-hybridized carbons (Fsp3) is 0.273. The number of rotatable bonds is 5. The molecule has 30 heavy (non-hydrogen) atoms. The molecule has 3 rings (SSSR count). The molecule has 160 valence electrons. The van der Waals surface area contributed by atoms with E-state index in [-0.39, 0.29) is 30.3 Å². The Kier molecular flexibility index (Phi) is 7.48. The molecule has 0 aliphatic carbocycles. The summed E-state index contributed by atoms with van der Waals surface area (Å²) < 4.78 is 11.6. The second kappa shape index (κ2) is 9.65. The first-order chi connectivity index (χ1) is 13.8. The Hall–Kier alpha value is -3.03. The van der Waals surface area contributed by atoms with Gasteiger partial charge in [-0.3, -0.25) is 0 Å². The molecule has 1 heterocycles. The van der Waals surface area contributed by atoms with Gasteiger partial charge in [0.1, 0.15) is 5.75 Å². The summed E-state index contributed by atoms with van der Waals surface area (Å²) >= 11 is 0. The quantitative estimate of drug-likeness (QED) is 0.474. The minimum absolute atomic E-state index is 0. The summed E-state index contributed by atoms with van der Waals surface area (Å²) in [5.74, 6) is -0.743. The van der Waals surface area contributed by atoms with E-state index in [1.807, 2.05) is 53.9 Å². The van der Waals surface area contributed by atoms with E-state index in [1.54, 1.807) is 26.0 Å². The highest BCUT2D eigenvalue weighted by atomic mass is 35.5. The summed E-state index contributed by atoms with van der Waals surface area (Å²) in [5.41, 5.74) is 3.00. The van der Waals surface area contributed by atoms with E-state index in [1.165, 1.54) is 0 Å². The molecule has 0 spiro atoms. The molecular formula is C22H25ClN2O5. The van der Waals surface area contributed by atoms with Gasteiger partial charge in [-0.15, -0.1) is 12.4 Å². The van der Waals surface area contributed by atoms with E-state index >= 15 is 0 Å². The number of phenols is 1. The molecule has 0 aliphatic rings. The average Bonchev–Trinajstić information content (AvgIpc) is 2.97. The Balaban J connectivity index is 0.00000320. The lowest BCUT2D eigenvalue weighted by Crippen LogP contribution is -2.16. The third-order valence-electron chi connectivity index (χ3n) is 4.59. The Labute approximate surface area is 181 Å². The summed E-state index contributed by atoms with van der Waals surface area (Å²) in [4.78, 5) is 26.6. The zero-order valence-electron chi connectivity index (χ0n) is 17.3. The van der Waals surface area contributed by atoms with Crippen LogP contribution in [-0.2, 0) is 16.0 Å². The molecule has 0 aliphatic heterocycles. The van der Waals surface area contributed by atoms with E-state index < -0.39 is 12.1 Å². The molecule has 0 bridgehead atoms. The number of aromatic hydroxyl groups is 1. The van der Waals surface area contributed by atoms with Gasteiger partial charge in [0.2, 0.25) is 0 Å². The number of esters is 1. The lowest BCUT2D eigenvalue weighted by Gasteiger charge is -2.14. The van der Waals surface area contributed by atoms with Gasteiger partial charge in [0.15, 0.2) is 0 Å². The maximum Gasteiger partial charge on any atom is 0.516 e. The third-order valence-corrected chi connectivity index (χ3v) is 4.59. The van der Waals surface area contributed by atoms with Gasteiger partial charge in [0, 0.05) is 28.9 Å². The fourth-order valence-corrected chi connectivity index (χ4v) is 3.47. The molecule has 0 saturated carbocycles. The van der Waals surface area contributed by atoms with Crippen molar-refractivity contribution in [1.29, 1.82) is 0 Å². The number of carbonyl (C=O) groups excluding carboxylic acids is 2. The number of hydrogen-bond acceptors (Lipinski definition) is 6. The average molecular weight is 433 g/mol. The third kappa shape index (κ3) is 4.42. The molecule has 0 radical (unpaired) electrons. The molecule has 1 N–H and O–H groups in total. The van der Waals surface area contributed by atoms with Gasteiger partial charge in [-0.2, -0.15) is 0 Å². The monoisotopic (exact) mass is 432 g/mol. The number of para-hydroxylation sites is 1. The number of nitrogens with zero attached hydrogens (tertiary/aromatic N) is 2. The van der Waals surface area contributed by atoms with Gasteiger partial charge < -0.3 is 24.0 Å². The molecule has 1 aromatic heterocycles. The van der Waals surface area contributed by atoms with Gasteiger partial charge in [-0.05, 0) is 52.2 Å². The van der Waals surface area contributed by atoms with Crippen LogP contribution in [0.2, 0.25) is 0 Å². The highest BCUT2D eigenvalue weighted by Gasteiger charge is 2.27. The van der Waals surface area contributed by atoms with Crippen molar-refractivity contribution in [2.45, 2.75) is 20.4 Å². The Morgan fingerprint density at radius 2 is 1.77 bits per heavy atom. The maximum absolute atomic E-state index is 12.9. The Morgan fingerprint density at radius 1 is 1.10 bits per heavy atom. The van der Waals surface area contributed by atoms with Gasteiger partial charge in [-0.1, -0.05) is 18.2 Å². The van der Waals surface area contributed by atoms with Crippen LogP contribution in [0.4, 0.5) is 4.79 Å². The molecule has 0 fully saturated rings. The lowest BCUT2D eigenvalue weighted by molar-refractivity contribution is 0.0402. The highest BCUT2D eigenvalue weighted by molar-refractivity contribution is 6.10. The zero-order valence-corrected chi connectivity index (χ0v) is 18.2. The Bertz CT molecular complexity index is 1060. The van der Waals surface area contributed by atoms with Gasteiger partial charge in [0.05, 0.1) is 17.7 Å². The van der Waals surface area contributed by atoms with Gasteiger partial charge >= 0.3 is 12.1 Å². The molecule has 0 amide bonds. The van der Waals surface area contributed by atoms with Crippen molar-refractivity contribution < 1.29 is 24.2 Å². The van der Waals surface area contributed by atoms with Crippen LogP contribution in [0.15, 0.2) is 42.5 Å². The second-order valence-electron chi connectivity index (χ2n) is 6.90. The van der Waals surface area contributed by atoms with Crippen molar-refractivity contribution in [3.05, 3.63) is 59.3 Å². The molecule has 0 saturated heterocycles. The van der Waals surface area contributed by atoms with E-state index in [0.29, 0.717) is 23.2 Å². The van der Waals surface area contributed by atoms with Crippen LogP contribution >= 0.6 is 12.4 Å². The zero-order chi connectivity index (χ0) is 21.1. The topological polar surface area (TPSA) is 81.0 Å². The van der Waals surface area contributed by atoms with Crippen LogP contribution in [-0.4, -0.2) is 47.4 Å². The summed E-state index contributed by atoms with van der Waals surface area (Å²) in [6.07, 6.45) is -1.05. The molecule has 0 unspecified atom stereocenters. The fourth-order valence-electron chi connectivity index (χ4n) is 3.47. The van der Waals surface area contributed by atoms with Crippen molar-refractivity contribution in [3.8, 4) is 11.4 Å². The number of phenolic OH excluding ortho intramolecular Hbond substituents is 1. The van der Waals surface area contributed by atoms with Crippen LogP contribution in [0.3, 0.4) is 0 Å². The maximum atomic E-state index is 12.9. The number of aromatic nitrogens is 1. The number of fused-ring (bicyclic) bond motifs is 1. The lowest BCUT2D eigenvalue weighted by atomic mass is 10.0. The SMILES string of the molecule is CCOC(=O)OC(=O)c1c(C)n(-c2ccccc2)c2ccc(O)c(CN(C)C)c12.Cl. The number of hydrogen-bond donors (Lipinski definition) is 1. The first-order valence-corrected chi connectivity index (χ1v) is 9.30. The molecule has 7 nitrogen and oxygen atoms in total. The summed E-state index contributed by atoms with van der Waals surface area (Å²) in [6, 6.07) is 12.9. The van der Waals surface area contributed by atoms with E-state index in [4.69, 9.17) is 9.47 Å². The number of halogens is 1. The van der Waals surface area contributed by atoms with Crippen LogP contribution in [0.5, 0.6) is 5.75 Å². The smallest absolute Gasteiger partial charge is 0.508 e. The van der Waals surface area contributed by atoms with E-state index in [2.05, 4.69) is 0 Å². The highest BCUT2D eigenvalue weighted by Crippen LogP contribution is 2.36. The summed E-state index contributed by atoms with van der Waals surface area (Å²) in [6.45, 7) is 3.92. The largest absolute Gasteiger partial charge is 0.516 e. The van der Waals surface area contributed by atoms with Crippen molar-refractivity contribution >= 4 is 35.4 Å². The minimum atomic E-state index is -1.05. The van der Waals surface area contributed by atoms with Crippen molar-refractivity contribution in [2.24, 2.45) is 0 Å². The standard InChI is InChI=1S/C22H24N2O5.ClH/c1-5-28-22(27)29-21(26)19-14(2)24(15-9-7-6-8-10-15)17-11-12-18(25)16(20(17)19)13-23(3)4;/h6-12,25H,5,13H2,1-4H3;1H. The first kappa shape index (κ1) is 23.3. The van der Waals surface area contributed by atoms with Crippen LogP contribution in [0.1, 0.15) is 28.5 Å². The number of ether oxygens (including phenoxy) is 2. The van der Waals surface area contributed by atoms with Gasteiger partial charge in [0.25, 0.3) is 0 Å². The van der Waals surface area contributed by atoms with Crippen molar-refractivity contribution in [2.75, 3.05) is 20.7 Å². The van der Waals surface area contributed by atoms with E-state index in [0.717, 1.165) is 11.2 Å². The predicted octanol–water partition coefficient (Wildman–Crippen LogP) is 4.44. The van der Waals surface area contributed by atoms with Gasteiger partial charge in [-0.25, -0.2) is 9.59 Å². The molecule has 8 heteroatoms. The van der Waals surface area contributed by atoms with Crippen LogP contribution < -0.4 is 0 Å². The molecule has 3 aromatic rings. The van der Waals surface area contributed by atoms with Crippen molar-refractivity contribution in [1.82, 2.24) is 9.47 Å². The number of carbonyl (C=O) groups is 2. The van der Waals surface area contributed by atoms with Crippen LogP contribution in [0, 0.1) is 6.92 Å². The second-order valence-corrected chi connectivity index (χ2v) is 6.90. The minimum Gasteiger partial charge on any atom is -0.508 e. The molecular weight excluding hydrogens is 408 g/mol. The first-order valence-electron chi connectivity index (χ1n) is 9.30.